The van der Waals surface area contributed by atoms with E-state index in [2.05, 4.69) is 15.5 Å². The number of anilines is 1. The van der Waals surface area contributed by atoms with Gasteiger partial charge in [-0.2, -0.15) is 4.68 Å². The van der Waals surface area contributed by atoms with Crippen molar-refractivity contribution in [2.75, 3.05) is 11.4 Å². The molecule has 7 nitrogen and oxygen atoms in total. The number of hydrogen-bond donors (Lipinski definition) is 0. The van der Waals surface area contributed by atoms with Gasteiger partial charge in [-0.15, -0.1) is 5.10 Å². The summed E-state index contributed by atoms with van der Waals surface area (Å²) in [6.45, 7) is 6.09. The Bertz CT molecular complexity index is 1090. The number of carbonyl (C=O) groups is 2. The lowest BCUT2D eigenvalue weighted by atomic mass is 10.0. The van der Waals surface area contributed by atoms with Gasteiger partial charge in [-0.1, -0.05) is 23.9 Å². The Balaban J connectivity index is 1.53. The molecule has 1 atom stereocenters. The van der Waals surface area contributed by atoms with Crippen LogP contribution in [-0.2, 0) is 11.2 Å². The molecule has 1 amide bonds. The van der Waals surface area contributed by atoms with Crippen LogP contribution in [0.5, 0.6) is 0 Å². The van der Waals surface area contributed by atoms with Crippen LogP contribution in [0, 0.1) is 6.92 Å². The molecule has 29 heavy (non-hydrogen) atoms. The second-order valence-electron chi connectivity index (χ2n) is 7.10. The molecule has 0 aliphatic carbocycles. The summed E-state index contributed by atoms with van der Waals surface area (Å²) in [6, 6.07) is 13.4. The highest BCUT2D eigenvalue weighted by Crippen LogP contribution is 2.31. The zero-order valence-corrected chi connectivity index (χ0v) is 17.3. The van der Waals surface area contributed by atoms with E-state index in [1.54, 1.807) is 22.6 Å². The predicted molar refractivity (Wildman–Crippen MR) is 112 cm³/mol. The first-order valence-electron chi connectivity index (χ1n) is 9.41. The van der Waals surface area contributed by atoms with E-state index < -0.39 is 0 Å². The second-order valence-corrected chi connectivity index (χ2v) is 8.41. The van der Waals surface area contributed by atoms with E-state index in [0.29, 0.717) is 17.3 Å². The number of fused-ring (bicyclic) bond motifs is 1. The molecule has 148 valence electrons. The van der Waals surface area contributed by atoms with Crippen LogP contribution >= 0.6 is 11.8 Å². The minimum absolute atomic E-state index is 0.0119. The number of amides is 1. The van der Waals surface area contributed by atoms with Crippen molar-refractivity contribution in [2.45, 2.75) is 37.6 Å². The Morgan fingerprint density at radius 3 is 2.76 bits per heavy atom. The summed E-state index contributed by atoms with van der Waals surface area (Å²) >= 11 is 1.33. The van der Waals surface area contributed by atoms with E-state index in [1.165, 1.54) is 11.8 Å². The van der Waals surface area contributed by atoms with Gasteiger partial charge >= 0.3 is 0 Å². The lowest BCUT2D eigenvalue weighted by Crippen LogP contribution is -2.25. The Morgan fingerprint density at radius 1 is 1.17 bits per heavy atom. The minimum Gasteiger partial charge on any atom is -0.312 e. The highest BCUT2D eigenvalue weighted by atomic mass is 32.2. The molecule has 1 aliphatic rings. The van der Waals surface area contributed by atoms with Crippen molar-refractivity contribution in [2.24, 2.45) is 0 Å². The number of aromatic nitrogens is 4. The predicted octanol–water partition coefficient (Wildman–Crippen LogP) is 3.24. The number of tetrazole rings is 1. The normalized spacial score (nSPS) is 14.0. The number of Topliss-reactive ketones (excluding diaryl/α,β-unsaturated/α-hetero) is 1. The molecule has 2 aromatic carbocycles. The van der Waals surface area contributed by atoms with Crippen LogP contribution in [0.2, 0.25) is 0 Å². The number of ketones is 1. The van der Waals surface area contributed by atoms with Crippen LogP contribution in [-0.4, -0.2) is 43.7 Å². The third kappa shape index (κ3) is 3.80. The monoisotopic (exact) mass is 407 g/mol. The fourth-order valence-corrected chi connectivity index (χ4v) is 4.39. The number of hydrogen-bond acceptors (Lipinski definition) is 6. The van der Waals surface area contributed by atoms with Gasteiger partial charge in [0, 0.05) is 24.7 Å². The highest BCUT2D eigenvalue weighted by molar-refractivity contribution is 8.00. The number of nitrogens with zero attached hydrogens (tertiary/aromatic N) is 5. The standard InChI is InChI=1S/C21H21N5O2S/c1-13-5-4-6-18(11-13)26-21(22-23-24-26)29-14(2)20(28)17-7-8-19-16(12-17)9-10-25(19)15(3)27/h4-8,11-12,14H,9-10H2,1-3H3. The number of carbonyl (C=O) groups excluding carboxylic acids is 2. The van der Waals surface area contributed by atoms with E-state index >= 15 is 0 Å². The fourth-order valence-electron chi connectivity index (χ4n) is 3.50. The molecule has 0 bridgehead atoms. The van der Waals surface area contributed by atoms with E-state index in [1.807, 2.05) is 50.2 Å². The van der Waals surface area contributed by atoms with Crippen molar-refractivity contribution in [1.82, 2.24) is 20.2 Å². The molecule has 0 radical (unpaired) electrons. The Hall–Kier alpha value is -3.00. The van der Waals surface area contributed by atoms with E-state index in [0.717, 1.165) is 28.9 Å². The minimum atomic E-state index is -0.354. The van der Waals surface area contributed by atoms with Crippen molar-refractivity contribution in [3.8, 4) is 5.69 Å². The van der Waals surface area contributed by atoms with Crippen molar-refractivity contribution < 1.29 is 9.59 Å². The van der Waals surface area contributed by atoms with Gasteiger partial charge in [0.25, 0.3) is 0 Å². The third-order valence-electron chi connectivity index (χ3n) is 4.98. The van der Waals surface area contributed by atoms with Crippen LogP contribution in [0.15, 0.2) is 47.6 Å². The molecule has 0 N–H and O–H groups in total. The van der Waals surface area contributed by atoms with Gasteiger partial charge in [-0.3, -0.25) is 9.59 Å². The van der Waals surface area contributed by atoms with Gasteiger partial charge in [0.1, 0.15) is 0 Å². The van der Waals surface area contributed by atoms with Crippen LogP contribution in [0.25, 0.3) is 5.69 Å². The smallest absolute Gasteiger partial charge is 0.223 e. The molecule has 1 aromatic heterocycles. The quantitative estimate of drug-likeness (QED) is 0.477. The van der Waals surface area contributed by atoms with E-state index in [9.17, 15) is 9.59 Å². The van der Waals surface area contributed by atoms with Crippen molar-refractivity contribution in [1.29, 1.82) is 0 Å². The average Bonchev–Trinajstić information content (AvgIpc) is 3.33. The Labute approximate surface area is 173 Å². The molecule has 3 aromatic rings. The Morgan fingerprint density at radius 2 is 2.00 bits per heavy atom. The van der Waals surface area contributed by atoms with Gasteiger partial charge in [0.15, 0.2) is 5.78 Å². The molecular weight excluding hydrogens is 386 g/mol. The first kappa shape index (κ1) is 19.3. The lowest BCUT2D eigenvalue weighted by Gasteiger charge is -2.15. The maximum Gasteiger partial charge on any atom is 0.223 e. The maximum absolute atomic E-state index is 13.0. The zero-order chi connectivity index (χ0) is 20.5. The number of benzene rings is 2. The van der Waals surface area contributed by atoms with E-state index in [4.69, 9.17) is 0 Å². The van der Waals surface area contributed by atoms with Crippen LogP contribution < -0.4 is 4.90 Å². The van der Waals surface area contributed by atoms with Gasteiger partial charge in [0.2, 0.25) is 11.1 Å². The topological polar surface area (TPSA) is 81.0 Å². The van der Waals surface area contributed by atoms with Crippen LogP contribution in [0.4, 0.5) is 5.69 Å². The number of rotatable bonds is 5. The summed E-state index contributed by atoms with van der Waals surface area (Å²) < 4.78 is 1.65. The van der Waals surface area contributed by atoms with Crippen molar-refractivity contribution in [3.63, 3.8) is 0 Å². The molecular formula is C21H21N5O2S. The van der Waals surface area contributed by atoms with Gasteiger partial charge in [-0.25, -0.2) is 0 Å². The largest absolute Gasteiger partial charge is 0.312 e. The third-order valence-corrected chi connectivity index (χ3v) is 6.01. The summed E-state index contributed by atoms with van der Waals surface area (Å²) in [6.07, 6.45) is 0.767. The molecule has 8 heteroatoms. The molecule has 0 saturated carbocycles. The first-order chi connectivity index (χ1) is 13.9. The second kappa shape index (κ2) is 7.79. The van der Waals surface area contributed by atoms with Gasteiger partial charge in [0.05, 0.1) is 10.9 Å². The molecule has 0 saturated heterocycles. The number of aryl methyl sites for hydroxylation is 1. The summed E-state index contributed by atoms with van der Waals surface area (Å²) in [7, 11) is 0. The van der Waals surface area contributed by atoms with Gasteiger partial charge in [-0.05, 0) is 72.2 Å². The van der Waals surface area contributed by atoms with Crippen LogP contribution in [0.1, 0.15) is 35.3 Å². The average molecular weight is 407 g/mol. The molecule has 4 rings (SSSR count). The molecule has 0 spiro atoms. The van der Waals surface area contributed by atoms with Gasteiger partial charge < -0.3 is 4.90 Å². The van der Waals surface area contributed by atoms with Crippen molar-refractivity contribution in [3.05, 3.63) is 59.2 Å². The lowest BCUT2D eigenvalue weighted by molar-refractivity contribution is -0.116. The SMILES string of the molecule is CC(=O)N1CCc2cc(C(=O)C(C)Sc3nnnn3-c3cccc(C)c3)ccc21. The molecule has 1 aliphatic heterocycles. The number of thioether (sulfide) groups is 1. The van der Waals surface area contributed by atoms with Crippen molar-refractivity contribution >= 4 is 29.1 Å². The molecule has 0 fully saturated rings. The summed E-state index contributed by atoms with van der Waals surface area (Å²) in [5, 5.41) is 12.2. The summed E-state index contributed by atoms with van der Waals surface area (Å²) in [4.78, 5) is 26.5. The molecule has 1 unspecified atom stereocenters. The highest BCUT2D eigenvalue weighted by Gasteiger charge is 2.25. The fraction of sp³-hybridized carbons (Fsp3) is 0.286. The molecule has 2 heterocycles. The maximum atomic E-state index is 13.0. The summed E-state index contributed by atoms with van der Waals surface area (Å²) in [5.74, 6) is 0.0348. The van der Waals surface area contributed by atoms with E-state index in [-0.39, 0.29) is 16.9 Å². The first-order valence-corrected chi connectivity index (χ1v) is 10.3. The van der Waals surface area contributed by atoms with Crippen LogP contribution in [0.3, 0.4) is 0 Å². The zero-order valence-electron chi connectivity index (χ0n) is 16.5. The summed E-state index contributed by atoms with van der Waals surface area (Å²) in [5.41, 5.74) is 4.55. The Kier molecular flexibility index (Phi) is 5.19.